The second-order valence-electron chi connectivity index (χ2n) is 8.68. The Morgan fingerprint density at radius 3 is 2.33 bits per heavy atom. The van der Waals surface area contributed by atoms with Gasteiger partial charge in [-0.1, -0.05) is 30.3 Å². The molecule has 5 aromatic rings. The molecule has 2 N–H and O–H groups in total. The Kier molecular flexibility index (Phi) is 7.83. The zero-order valence-corrected chi connectivity index (χ0v) is 21.7. The molecule has 3 aromatic carbocycles. The number of rotatable bonds is 10. The molecule has 8 heteroatoms. The fourth-order valence-corrected chi connectivity index (χ4v) is 4.15. The summed E-state index contributed by atoms with van der Waals surface area (Å²) in [5, 5.41) is 7.02. The zero-order valence-electron chi connectivity index (χ0n) is 21.7. The molecule has 8 nitrogen and oxygen atoms in total. The summed E-state index contributed by atoms with van der Waals surface area (Å²) in [5.74, 6) is 2.77. The first kappa shape index (κ1) is 25.5. The molecular weight excluding hydrogens is 492 g/mol. The van der Waals surface area contributed by atoms with E-state index in [2.05, 4.69) is 20.6 Å². The van der Waals surface area contributed by atoms with E-state index in [1.54, 1.807) is 44.8 Å². The van der Waals surface area contributed by atoms with Gasteiger partial charge in [-0.25, -0.2) is 4.98 Å². The van der Waals surface area contributed by atoms with E-state index >= 15 is 0 Å². The molecule has 0 fully saturated rings. The lowest BCUT2D eigenvalue weighted by Gasteiger charge is -2.13. The molecule has 1 amide bonds. The quantitative estimate of drug-likeness (QED) is 0.228. The number of pyridine rings is 2. The van der Waals surface area contributed by atoms with Crippen molar-refractivity contribution in [3.05, 3.63) is 108 Å². The van der Waals surface area contributed by atoms with E-state index < -0.39 is 0 Å². The number of nitrogens with zero attached hydrogens (tertiary/aromatic N) is 2. The van der Waals surface area contributed by atoms with Gasteiger partial charge in [0.1, 0.15) is 17.3 Å². The summed E-state index contributed by atoms with van der Waals surface area (Å²) in [7, 11) is 3.18. The molecule has 39 heavy (non-hydrogen) atoms. The van der Waals surface area contributed by atoms with Gasteiger partial charge >= 0.3 is 0 Å². The molecule has 196 valence electrons. The van der Waals surface area contributed by atoms with Crippen LogP contribution in [0.25, 0.3) is 10.9 Å². The van der Waals surface area contributed by atoms with Gasteiger partial charge in [-0.2, -0.15) is 0 Å². The van der Waals surface area contributed by atoms with Gasteiger partial charge < -0.3 is 24.8 Å². The smallest absolute Gasteiger partial charge is 0.255 e. The summed E-state index contributed by atoms with van der Waals surface area (Å²) >= 11 is 0. The normalized spacial score (nSPS) is 10.6. The standard InChI is InChI=1S/C31H28N4O4/c1-37-28-19-25-26(20-29(28)38-2)32-18-15-27(25)39-23-12-10-22(11-13-23)35-30-24(9-6-16-33-30)31(36)34-17-14-21-7-4-3-5-8-21/h3-13,15-16,18-20H,14,17H2,1-2H3,(H,33,35)(H,34,36). The summed E-state index contributed by atoms with van der Waals surface area (Å²) in [6.07, 6.45) is 4.09. The van der Waals surface area contributed by atoms with E-state index in [9.17, 15) is 4.79 Å². The average Bonchev–Trinajstić information content (AvgIpc) is 2.98. The van der Waals surface area contributed by atoms with Crippen molar-refractivity contribution in [2.75, 3.05) is 26.1 Å². The van der Waals surface area contributed by atoms with Gasteiger partial charge in [0.2, 0.25) is 0 Å². The average molecular weight is 521 g/mol. The van der Waals surface area contributed by atoms with Crippen LogP contribution in [0.5, 0.6) is 23.0 Å². The Labute approximate surface area is 226 Å². The van der Waals surface area contributed by atoms with Crippen molar-refractivity contribution < 1.29 is 19.0 Å². The van der Waals surface area contributed by atoms with Crippen LogP contribution in [0.1, 0.15) is 15.9 Å². The highest BCUT2D eigenvalue weighted by Crippen LogP contribution is 2.37. The first-order valence-corrected chi connectivity index (χ1v) is 12.5. The lowest BCUT2D eigenvalue weighted by Crippen LogP contribution is -2.26. The number of amides is 1. The molecular formula is C31H28N4O4. The number of anilines is 2. The van der Waals surface area contributed by atoms with Gasteiger partial charge in [0.15, 0.2) is 11.5 Å². The van der Waals surface area contributed by atoms with Gasteiger partial charge in [-0.3, -0.25) is 9.78 Å². The van der Waals surface area contributed by atoms with Crippen LogP contribution in [0.2, 0.25) is 0 Å². The number of aromatic nitrogens is 2. The van der Waals surface area contributed by atoms with E-state index in [-0.39, 0.29) is 5.91 Å². The van der Waals surface area contributed by atoms with Crippen LogP contribution in [0.15, 0.2) is 97.3 Å². The number of benzene rings is 3. The molecule has 0 spiro atoms. The summed E-state index contributed by atoms with van der Waals surface area (Å²) < 4.78 is 17.0. The van der Waals surface area contributed by atoms with Gasteiger partial charge in [-0.05, 0) is 60.5 Å². The summed E-state index contributed by atoms with van der Waals surface area (Å²) in [4.78, 5) is 21.7. The molecule has 0 atom stereocenters. The van der Waals surface area contributed by atoms with Crippen molar-refractivity contribution >= 4 is 28.3 Å². The van der Waals surface area contributed by atoms with Gasteiger partial charge in [0.25, 0.3) is 5.91 Å². The van der Waals surface area contributed by atoms with Gasteiger partial charge in [0, 0.05) is 36.1 Å². The molecule has 0 saturated heterocycles. The van der Waals surface area contributed by atoms with Crippen molar-refractivity contribution in [1.29, 1.82) is 0 Å². The molecule has 0 aliphatic carbocycles. The van der Waals surface area contributed by atoms with Crippen LogP contribution >= 0.6 is 0 Å². The zero-order chi connectivity index (χ0) is 27.0. The lowest BCUT2D eigenvalue weighted by molar-refractivity contribution is 0.0954. The highest BCUT2D eigenvalue weighted by atomic mass is 16.5. The number of carbonyl (C=O) groups is 1. The topological polar surface area (TPSA) is 94.6 Å². The second kappa shape index (κ2) is 12.0. The number of hydrogen-bond acceptors (Lipinski definition) is 7. The van der Waals surface area contributed by atoms with Crippen LogP contribution in [-0.2, 0) is 6.42 Å². The Morgan fingerprint density at radius 2 is 1.56 bits per heavy atom. The third-order valence-corrected chi connectivity index (χ3v) is 6.15. The first-order chi connectivity index (χ1) is 19.1. The van der Waals surface area contributed by atoms with E-state index in [0.717, 1.165) is 23.0 Å². The first-order valence-electron chi connectivity index (χ1n) is 12.5. The van der Waals surface area contributed by atoms with E-state index in [0.29, 0.717) is 40.9 Å². The molecule has 0 radical (unpaired) electrons. The van der Waals surface area contributed by atoms with Crippen LogP contribution < -0.4 is 24.8 Å². The number of carbonyl (C=O) groups excluding carboxylic acids is 1. The SMILES string of the molecule is COc1cc2nccc(Oc3ccc(Nc4ncccc4C(=O)NCCc4ccccc4)cc3)c2cc1OC. The van der Waals surface area contributed by atoms with E-state index in [1.807, 2.05) is 66.7 Å². The molecule has 0 bridgehead atoms. The summed E-state index contributed by atoms with van der Waals surface area (Å²) in [6, 6.07) is 26.4. The molecule has 2 heterocycles. The maximum absolute atomic E-state index is 12.9. The van der Waals surface area contributed by atoms with Crippen molar-refractivity contribution in [2.45, 2.75) is 6.42 Å². The van der Waals surface area contributed by atoms with Gasteiger partial charge in [0.05, 0.1) is 25.3 Å². The third-order valence-electron chi connectivity index (χ3n) is 6.15. The van der Waals surface area contributed by atoms with Crippen LogP contribution in [0, 0.1) is 0 Å². The Morgan fingerprint density at radius 1 is 0.795 bits per heavy atom. The van der Waals surface area contributed by atoms with Crippen LogP contribution in [0.3, 0.4) is 0 Å². The van der Waals surface area contributed by atoms with Crippen molar-refractivity contribution in [3.63, 3.8) is 0 Å². The predicted molar refractivity (Wildman–Crippen MR) is 151 cm³/mol. The van der Waals surface area contributed by atoms with Crippen molar-refractivity contribution in [1.82, 2.24) is 15.3 Å². The van der Waals surface area contributed by atoms with Crippen LogP contribution in [0.4, 0.5) is 11.5 Å². The maximum Gasteiger partial charge on any atom is 0.255 e. The van der Waals surface area contributed by atoms with Gasteiger partial charge in [-0.15, -0.1) is 0 Å². The molecule has 5 rings (SSSR count). The summed E-state index contributed by atoms with van der Waals surface area (Å²) in [6.45, 7) is 0.533. The van der Waals surface area contributed by atoms with E-state index in [1.165, 1.54) is 5.56 Å². The van der Waals surface area contributed by atoms with E-state index in [4.69, 9.17) is 14.2 Å². The second-order valence-corrected chi connectivity index (χ2v) is 8.68. The van der Waals surface area contributed by atoms with Crippen LogP contribution in [-0.4, -0.2) is 36.6 Å². The van der Waals surface area contributed by atoms with Crippen molar-refractivity contribution in [3.8, 4) is 23.0 Å². The highest BCUT2D eigenvalue weighted by Gasteiger charge is 2.14. The fraction of sp³-hybridized carbons (Fsp3) is 0.129. The minimum atomic E-state index is -0.182. The molecule has 0 saturated carbocycles. The monoisotopic (exact) mass is 520 g/mol. The number of ether oxygens (including phenoxy) is 3. The highest BCUT2D eigenvalue weighted by molar-refractivity contribution is 5.99. The molecule has 0 aliphatic heterocycles. The predicted octanol–water partition coefficient (Wildman–Crippen LogP) is 6.16. The minimum absolute atomic E-state index is 0.182. The Hall–Kier alpha value is -5.11. The minimum Gasteiger partial charge on any atom is -0.493 e. The summed E-state index contributed by atoms with van der Waals surface area (Å²) in [5.41, 5.74) is 3.14. The number of methoxy groups -OCH3 is 2. The number of nitrogens with one attached hydrogen (secondary N) is 2. The van der Waals surface area contributed by atoms with Crippen molar-refractivity contribution in [2.24, 2.45) is 0 Å². The third kappa shape index (κ3) is 6.07. The number of fused-ring (bicyclic) bond motifs is 1. The molecule has 2 aromatic heterocycles. The largest absolute Gasteiger partial charge is 0.493 e. The number of hydrogen-bond donors (Lipinski definition) is 2. The fourth-order valence-electron chi connectivity index (χ4n) is 4.15. The lowest BCUT2D eigenvalue weighted by atomic mass is 10.1. The molecule has 0 unspecified atom stereocenters. The maximum atomic E-state index is 12.9. The Bertz CT molecular complexity index is 1570. The Balaban J connectivity index is 1.27. The molecule has 0 aliphatic rings.